The molecule has 1 aromatic heterocycles. The summed E-state index contributed by atoms with van der Waals surface area (Å²) in [6.45, 7) is 3.56. The maximum atomic E-state index is 12.6. The Morgan fingerprint density at radius 2 is 2.14 bits per heavy atom. The van der Waals surface area contributed by atoms with Gasteiger partial charge in [-0.05, 0) is 18.6 Å². The fraction of sp³-hybridized carbons (Fsp3) is 0.600. The van der Waals surface area contributed by atoms with Crippen LogP contribution in [0.4, 0.5) is 5.82 Å². The summed E-state index contributed by atoms with van der Waals surface area (Å²) in [6, 6.07) is 6.01. The van der Waals surface area contributed by atoms with Crippen molar-refractivity contribution in [2.45, 2.75) is 11.7 Å². The zero-order valence-corrected chi connectivity index (χ0v) is 13.7. The average Bonchev–Trinajstić information content (AvgIpc) is 2.82. The number of aromatic nitrogens is 1. The van der Waals surface area contributed by atoms with Crippen molar-refractivity contribution in [3.05, 3.63) is 24.4 Å². The maximum absolute atomic E-state index is 12.6. The van der Waals surface area contributed by atoms with E-state index in [1.165, 1.54) is 5.75 Å². The van der Waals surface area contributed by atoms with Gasteiger partial charge in [-0.2, -0.15) is 11.8 Å². The molecule has 3 rings (SSSR count). The number of carbonyl (C=O) groups excluding carboxylic acids is 1. The third-order valence-electron chi connectivity index (χ3n) is 3.87. The van der Waals surface area contributed by atoms with Crippen molar-refractivity contribution in [3.8, 4) is 0 Å². The molecule has 0 aliphatic carbocycles. The van der Waals surface area contributed by atoms with Gasteiger partial charge in [0.2, 0.25) is 5.91 Å². The lowest BCUT2D eigenvalue weighted by molar-refractivity contribution is -0.130. The fourth-order valence-corrected chi connectivity index (χ4v) is 5.37. The van der Waals surface area contributed by atoms with Gasteiger partial charge in [-0.1, -0.05) is 6.07 Å². The Balaban J connectivity index is 1.59. The van der Waals surface area contributed by atoms with Crippen LogP contribution in [-0.4, -0.2) is 64.5 Å². The van der Waals surface area contributed by atoms with Crippen molar-refractivity contribution in [1.29, 1.82) is 0 Å². The molecule has 0 N–H and O–H groups in total. The van der Waals surface area contributed by atoms with E-state index in [1.807, 2.05) is 47.9 Å². The fourth-order valence-electron chi connectivity index (χ4n) is 2.74. The Bertz CT molecular complexity index is 465. The lowest BCUT2D eigenvalue weighted by Crippen LogP contribution is -2.42. The molecule has 6 heteroatoms. The van der Waals surface area contributed by atoms with Crippen LogP contribution in [0.5, 0.6) is 0 Å². The summed E-state index contributed by atoms with van der Waals surface area (Å²) in [5.74, 6) is 4.63. The van der Waals surface area contributed by atoms with Gasteiger partial charge in [0.05, 0.1) is 5.25 Å². The Morgan fingerprint density at radius 1 is 1.19 bits per heavy atom. The molecule has 0 spiro atoms. The van der Waals surface area contributed by atoms with Crippen molar-refractivity contribution < 1.29 is 4.79 Å². The first-order valence-electron chi connectivity index (χ1n) is 7.49. The molecule has 0 saturated carbocycles. The first-order chi connectivity index (χ1) is 10.3. The highest BCUT2D eigenvalue weighted by molar-refractivity contribution is 8.07. The highest BCUT2D eigenvalue weighted by Crippen LogP contribution is 2.26. The zero-order valence-electron chi connectivity index (χ0n) is 12.1. The maximum Gasteiger partial charge on any atom is 0.236 e. The van der Waals surface area contributed by atoms with E-state index in [2.05, 4.69) is 14.8 Å². The van der Waals surface area contributed by atoms with Gasteiger partial charge in [-0.25, -0.2) is 4.98 Å². The van der Waals surface area contributed by atoms with Crippen LogP contribution in [0.15, 0.2) is 24.4 Å². The Morgan fingerprint density at radius 3 is 2.90 bits per heavy atom. The van der Waals surface area contributed by atoms with E-state index in [9.17, 15) is 4.79 Å². The molecule has 4 nitrogen and oxygen atoms in total. The summed E-state index contributed by atoms with van der Waals surface area (Å²) >= 11 is 3.74. The van der Waals surface area contributed by atoms with Crippen molar-refractivity contribution in [1.82, 2.24) is 9.88 Å². The molecule has 1 atom stereocenters. The second kappa shape index (κ2) is 7.40. The van der Waals surface area contributed by atoms with Crippen molar-refractivity contribution in [2.24, 2.45) is 0 Å². The van der Waals surface area contributed by atoms with Crippen LogP contribution in [0.25, 0.3) is 0 Å². The van der Waals surface area contributed by atoms with E-state index in [-0.39, 0.29) is 5.25 Å². The van der Waals surface area contributed by atoms with Gasteiger partial charge in [0.15, 0.2) is 0 Å². The van der Waals surface area contributed by atoms with Gasteiger partial charge in [-0.15, -0.1) is 11.8 Å². The summed E-state index contributed by atoms with van der Waals surface area (Å²) in [5.41, 5.74) is 0. The number of anilines is 1. The molecular formula is C15H21N3OS2. The molecule has 2 aliphatic rings. The largest absolute Gasteiger partial charge is 0.355 e. The molecule has 0 bridgehead atoms. The first-order valence-corrected chi connectivity index (χ1v) is 9.69. The molecule has 1 unspecified atom stereocenters. The molecule has 1 aromatic rings. The van der Waals surface area contributed by atoms with Crippen molar-refractivity contribution in [2.75, 3.05) is 48.3 Å². The molecule has 114 valence electrons. The number of hydrogen-bond donors (Lipinski definition) is 0. The van der Waals surface area contributed by atoms with Crippen LogP contribution < -0.4 is 4.90 Å². The monoisotopic (exact) mass is 323 g/mol. The summed E-state index contributed by atoms with van der Waals surface area (Å²) in [5, 5.41) is 0.171. The van der Waals surface area contributed by atoms with Gasteiger partial charge in [0.25, 0.3) is 0 Å². The summed E-state index contributed by atoms with van der Waals surface area (Å²) < 4.78 is 0. The zero-order chi connectivity index (χ0) is 14.5. The molecule has 0 radical (unpaired) electrons. The molecule has 0 aromatic carbocycles. The molecule has 2 aliphatic heterocycles. The summed E-state index contributed by atoms with van der Waals surface area (Å²) in [6.07, 6.45) is 2.85. The van der Waals surface area contributed by atoms with Crippen molar-refractivity contribution >= 4 is 35.2 Å². The normalized spacial score (nSPS) is 23.7. The quantitative estimate of drug-likeness (QED) is 0.832. The Labute approximate surface area is 134 Å². The molecule has 3 heterocycles. The Kier molecular flexibility index (Phi) is 5.30. The number of thioether (sulfide) groups is 2. The third-order valence-corrected chi connectivity index (χ3v) is 6.61. The third kappa shape index (κ3) is 3.86. The predicted octanol–water partition coefficient (Wildman–Crippen LogP) is 1.97. The van der Waals surface area contributed by atoms with Crippen LogP contribution >= 0.6 is 23.5 Å². The number of hydrogen-bond acceptors (Lipinski definition) is 5. The van der Waals surface area contributed by atoms with E-state index < -0.39 is 0 Å². The summed E-state index contributed by atoms with van der Waals surface area (Å²) in [4.78, 5) is 21.4. The number of nitrogens with zero attached hydrogens (tertiary/aromatic N) is 3. The van der Waals surface area contributed by atoms with Gasteiger partial charge in [-0.3, -0.25) is 4.79 Å². The topological polar surface area (TPSA) is 36.4 Å². The lowest BCUT2D eigenvalue weighted by Gasteiger charge is -2.28. The first kappa shape index (κ1) is 15.0. The van der Waals surface area contributed by atoms with Gasteiger partial charge in [0, 0.05) is 49.6 Å². The minimum Gasteiger partial charge on any atom is -0.355 e. The van der Waals surface area contributed by atoms with Crippen LogP contribution in [0, 0.1) is 0 Å². The second-order valence-electron chi connectivity index (χ2n) is 5.29. The molecule has 1 amide bonds. The second-order valence-corrected chi connectivity index (χ2v) is 7.75. The minimum absolute atomic E-state index is 0.171. The van der Waals surface area contributed by atoms with Gasteiger partial charge < -0.3 is 9.80 Å². The predicted molar refractivity (Wildman–Crippen MR) is 91.2 cm³/mol. The Hall–Kier alpha value is -0.880. The minimum atomic E-state index is 0.171. The van der Waals surface area contributed by atoms with Crippen LogP contribution in [0.1, 0.15) is 6.42 Å². The van der Waals surface area contributed by atoms with E-state index in [1.54, 1.807) is 0 Å². The van der Waals surface area contributed by atoms with E-state index in [4.69, 9.17) is 0 Å². The van der Waals surface area contributed by atoms with Crippen LogP contribution in [0.2, 0.25) is 0 Å². The molecular weight excluding hydrogens is 302 g/mol. The number of carbonyl (C=O) groups is 1. The number of rotatable bonds is 2. The van der Waals surface area contributed by atoms with E-state index in [0.29, 0.717) is 5.91 Å². The van der Waals surface area contributed by atoms with Gasteiger partial charge >= 0.3 is 0 Å². The SMILES string of the molecule is O=C(C1CSCCS1)N1CCCN(c2ccccn2)CC1. The molecule has 2 fully saturated rings. The van der Waals surface area contributed by atoms with Crippen LogP contribution in [0.3, 0.4) is 0 Å². The number of amides is 1. The lowest BCUT2D eigenvalue weighted by atomic mass is 10.3. The summed E-state index contributed by atoms with van der Waals surface area (Å²) in [7, 11) is 0. The highest BCUT2D eigenvalue weighted by Gasteiger charge is 2.28. The van der Waals surface area contributed by atoms with Gasteiger partial charge in [0.1, 0.15) is 5.82 Å². The van der Waals surface area contributed by atoms with E-state index in [0.717, 1.165) is 49.9 Å². The molecule has 21 heavy (non-hydrogen) atoms. The molecule has 2 saturated heterocycles. The number of pyridine rings is 1. The van der Waals surface area contributed by atoms with Crippen molar-refractivity contribution in [3.63, 3.8) is 0 Å². The van der Waals surface area contributed by atoms with E-state index >= 15 is 0 Å². The average molecular weight is 323 g/mol. The smallest absolute Gasteiger partial charge is 0.236 e. The standard InChI is InChI=1S/C15H21N3OS2/c19-15(13-12-20-10-11-21-13)18-7-3-6-17(8-9-18)14-4-1-2-5-16-14/h1-2,4-5,13H,3,6-12H2. The highest BCUT2D eigenvalue weighted by atomic mass is 32.2. The van der Waals surface area contributed by atoms with Crippen LogP contribution in [-0.2, 0) is 4.79 Å².